The number of carbonyl (C=O) groups excluding carboxylic acids is 1. The molecule has 100 valence electrons. The fraction of sp³-hybridized carbons (Fsp3) is 0.231. The van der Waals surface area contributed by atoms with Gasteiger partial charge in [-0.1, -0.05) is 34.5 Å². The molecule has 1 atom stereocenters. The molecule has 2 rings (SSSR count). The van der Waals surface area contributed by atoms with Crippen molar-refractivity contribution in [2.45, 2.75) is 12.8 Å². The topological polar surface area (TPSA) is 42.0 Å². The minimum atomic E-state index is -0.172. The largest absolute Gasteiger partial charge is 0.351 e. The lowest BCUT2D eigenvalue weighted by Crippen LogP contribution is -2.27. The lowest BCUT2D eigenvalue weighted by atomic mass is 10.1. The predicted molar refractivity (Wildman–Crippen MR) is 82.0 cm³/mol. The molecule has 1 aromatic carbocycles. The molecule has 1 N–H and O–H groups in total. The molecule has 0 bridgehead atoms. The van der Waals surface area contributed by atoms with Crippen molar-refractivity contribution < 1.29 is 4.79 Å². The third-order valence-corrected chi connectivity index (χ3v) is 4.44. The maximum absolute atomic E-state index is 12.1. The predicted octanol–water partition coefficient (Wildman–Crippen LogP) is 4.09. The van der Waals surface area contributed by atoms with Gasteiger partial charge >= 0.3 is 0 Å². The Morgan fingerprint density at radius 3 is 3.05 bits per heavy atom. The number of nitrogens with zero attached hydrogens (tertiary/aromatic N) is 1. The number of rotatable bonds is 4. The number of hydrogen-bond donors (Lipinski definition) is 1. The Morgan fingerprint density at radius 1 is 1.58 bits per heavy atom. The second-order valence-electron chi connectivity index (χ2n) is 4.11. The summed E-state index contributed by atoms with van der Waals surface area (Å²) in [4.78, 5) is 16.3. The lowest BCUT2D eigenvalue weighted by Gasteiger charge is -2.11. The molecule has 1 aromatic heterocycles. The summed E-state index contributed by atoms with van der Waals surface area (Å²) in [5.74, 6) is 0.0181. The minimum Gasteiger partial charge on any atom is -0.351 e. The summed E-state index contributed by atoms with van der Waals surface area (Å²) in [7, 11) is 0. The number of amides is 1. The Balaban J connectivity index is 2.00. The van der Waals surface area contributed by atoms with Crippen LogP contribution in [0.2, 0.25) is 5.02 Å². The van der Waals surface area contributed by atoms with E-state index in [4.69, 9.17) is 11.6 Å². The Hall–Kier alpha value is -0.910. The van der Waals surface area contributed by atoms with E-state index >= 15 is 0 Å². The van der Waals surface area contributed by atoms with E-state index in [9.17, 15) is 4.79 Å². The van der Waals surface area contributed by atoms with Gasteiger partial charge in [0, 0.05) is 28.5 Å². The van der Waals surface area contributed by atoms with Crippen molar-refractivity contribution in [2.24, 2.45) is 0 Å². The fourth-order valence-corrected chi connectivity index (χ4v) is 2.84. The van der Waals surface area contributed by atoms with E-state index in [0.717, 1.165) is 9.48 Å². The number of aromatic nitrogens is 1. The average Bonchev–Trinajstić information content (AvgIpc) is 2.92. The number of halogens is 2. The maximum atomic E-state index is 12.1. The Morgan fingerprint density at radius 2 is 2.37 bits per heavy atom. The van der Waals surface area contributed by atoms with Crippen LogP contribution in [0, 0.1) is 0 Å². The first-order valence-corrected chi connectivity index (χ1v) is 7.75. The van der Waals surface area contributed by atoms with Crippen molar-refractivity contribution in [1.82, 2.24) is 10.3 Å². The molecule has 0 fully saturated rings. The SMILES string of the molecule is CC(CNC(=O)c1cc(Br)ccc1Cl)c1nccs1. The van der Waals surface area contributed by atoms with Crippen LogP contribution in [-0.4, -0.2) is 17.4 Å². The van der Waals surface area contributed by atoms with E-state index < -0.39 is 0 Å². The van der Waals surface area contributed by atoms with Gasteiger partial charge in [0.1, 0.15) is 0 Å². The summed E-state index contributed by atoms with van der Waals surface area (Å²) in [6, 6.07) is 5.22. The van der Waals surface area contributed by atoms with Crippen LogP contribution in [0.5, 0.6) is 0 Å². The van der Waals surface area contributed by atoms with Crippen molar-refractivity contribution >= 4 is 44.8 Å². The standard InChI is InChI=1S/C13H12BrClN2OS/c1-8(13-16-4-5-19-13)7-17-12(18)10-6-9(14)2-3-11(10)15/h2-6,8H,7H2,1H3,(H,17,18). The summed E-state index contributed by atoms with van der Waals surface area (Å²) >= 11 is 10.9. The number of nitrogens with one attached hydrogen (secondary N) is 1. The molecule has 1 heterocycles. The average molecular weight is 360 g/mol. The fourth-order valence-electron chi connectivity index (χ4n) is 1.58. The zero-order chi connectivity index (χ0) is 13.8. The summed E-state index contributed by atoms with van der Waals surface area (Å²) in [5.41, 5.74) is 0.474. The molecule has 0 aliphatic heterocycles. The van der Waals surface area contributed by atoms with E-state index in [1.54, 1.807) is 35.7 Å². The summed E-state index contributed by atoms with van der Waals surface area (Å²) in [6.45, 7) is 2.57. The van der Waals surface area contributed by atoms with Gasteiger partial charge in [-0.3, -0.25) is 4.79 Å². The molecular formula is C13H12BrClN2OS. The number of carbonyl (C=O) groups is 1. The molecular weight excluding hydrogens is 348 g/mol. The highest BCUT2D eigenvalue weighted by Crippen LogP contribution is 2.21. The molecule has 3 nitrogen and oxygen atoms in total. The molecule has 6 heteroatoms. The summed E-state index contributed by atoms with van der Waals surface area (Å²) in [5, 5.41) is 6.27. The molecule has 0 aliphatic rings. The lowest BCUT2D eigenvalue weighted by molar-refractivity contribution is 0.0951. The van der Waals surface area contributed by atoms with Crippen LogP contribution < -0.4 is 5.32 Å². The highest BCUT2D eigenvalue weighted by molar-refractivity contribution is 9.10. The van der Waals surface area contributed by atoms with Crippen LogP contribution in [0.1, 0.15) is 28.2 Å². The third-order valence-electron chi connectivity index (χ3n) is 2.61. The van der Waals surface area contributed by atoms with Gasteiger partial charge in [-0.2, -0.15) is 0 Å². The van der Waals surface area contributed by atoms with E-state index in [0.29, 0.717) is 17.1 Å². The molecule has 0 aliphatic carbocycles. The van der Waals surface area contributed by atoms with E-state index in [1.807, 2.05) is 12.3 Å². The second kappa shape index (κ2) is 6.50. The van der Waals surface area contributed by atoms with Crippen molar-refractivity contribution in [3.8, 4) is 0 Å². The first-order valence-electron chi connectivity index (χ1n) is 5.70. The zero-order valence-electron chi connectivity index (χ0n) is 10.2. The van der Waals surface area contributed by atoms with Gasteiger partial charge in [0.2, 0.25) is 0 Å². The Kier molecular flexibility index (Phi) is 4.96. The van der Waals surface area contributed by atoms with E-state index in [1.165, 1.54) is 0 Å². The van der Waals surface area contributed by atoms with Crippen LogP contribution in [0.3, 0.4) is 0 Å². The normalized spacial score (nSPS) is 12.2. The highest BCUT2D eigenvalue weighted by Gasteiger charge is 2.13. The van der Waals surface area contributed by atoms with Gasteiger partial charge in [0.05, 0.1) is 15.6 Å². The van der Waals surface area contributed by atoms with Gasteiger partial charge in [0.25, 0.3) is 5.91 Å². The zero-order valence-corrected chi connectivity index (χ0v) is 13.3. The molecule has 2 aromatic rings. The first-order chi connectivity index (χ1) is 9.08. The smallest absolute Gasteiger partial charge is 0.252 e. The highest BCUT2D eigenvalue weighted by atomic mass is 79.9. The van der Waals surface area contributed by atoms with Crippen molar-refractivity contribution in [2.75, 3.05) is 6.54 Å². The Labute approximate surface area is 129 Å². The number of thiazole rings is 1. The molecule has 1 amide bonds. The quantitative estimate of drug-likeness (QED) is 0.893. The van der Waals surface area contributed by atoms with Crippen molar-refractivity contribution in [3.63, 3.8) is 0 Å². The van der Waals surface area contributed by atoms with E-state index in [2.05, 4.69) is 26.2 Å². The second-order valence-corrected chi connectivity index (χ2v) is 6.35. The minimum absolute atomic E-state index is 0.172. The monoisotopic (exact) mass is 358 g/mol. The maximum Gasteiger partial charge on any atom is 0.252 e. The van der Waals surface area contributed by atoms with Gasteiger partial charge in [0.15, 0.2) is 0 Å². The van der Waals surface area contributed by atoms with Crippen LogP contribution in [0.4, 0.5) is 0 Å². The Bertz CT molecular complexity index is 574. The summed E-state index contributed by atoms with van der Waals surface area (Å²) < 4.78 is 0.829. The van der Waals surface area contributed by atoms with Gasteiger partial charge in [-0.05, 0) is 18.2 Å². The van der Waals surface area contributed by atoms with Crippen molar-refractivity contribution in [3.05, 3.63) is 49.8 Å². The van der Waals surface area contributed by atoms with Crippen LogP contribution in [-0.2, 0) is 0 Å². The summed E-state index contributed by atoms with van der Waals surface area (Å²) in [6.07, 6.45) is 1.77. The third kappa shape index (κ3) is 3.78. The van der Waals surface area contributed by atoms with Crippen LogP contribution in [0.15, 0.2) is 34.2 Å². The first kappa shape index (κ1) is 14.5. The molecule has 19 heavy (non-hydrogen) atoms. The van der Waals surface area contributed by atoms with Gasteiger partial charge < -0.3 is 5.32 Å². The van der Waals surface area contributed by atoms with E-state index in [-0.39, 0.29) is 11.8 Å². The molecule has 0 spiro atoms. The van der Waals surface area contributed by atoms with Gasteiger partial charge in [-0.25, -0.2) is 4.98 Å². The van der Waals surface area contributed by atoms with Crippen LogP contribution in [0.25, 0.3) is 0 Å². The molecule has 0 saturated heterocycles. The number of benzene rings is 1. The van der Waals surface area contributed by atoms with Crippen LogP contribution >= 0.6 is 38.9 Å². The molecule has 0 saturated carbocycles. The molecule has 1 unspecified atom stereocenters. The molecule has 0 radical (unpaired) electrons. The van der Waals surface area contributed by atoms with Crippen molar-refractivity contribution in [1.29, 1.82) is 0 Å². The number of hydrogen-bond acceptors (Lipinski definition) is 3. The van der Waals surface area contributed by atoms with Gasteiger partial charge in [-0.15, -0.1) is 11.3 Å².